The van der Waals surface area contributed by atoms with Crippen molar-refractivity contribution in [3.8, 4) is 6.19 Å². The van der Waals surface area contributed by atoms with Gasteiger partial charge in [0.15, 0.2) is 6.19 Å². The number of nitriles is 1. The van der Waals surface area contributed by atoms with E-state index in [9.17, 15) is 18.8 Å². The number of halogens is 2. The molecule has 3 aromatic rings. The number of nitrogens with one attached hydrogen (secondary N) is 1. The largest absolute Gasteiger partial charge is 0.344 e. The summed E-state index contributed by atoms with van der Waals surface area (Å²) in [6, 6.07) is 11.0. The summed E-state index contributed by atoms with van der Waals surface area (Å²) >= 11 is 1.07. The molecular formula is C19H15F2N5OS. The zero-order valence-electron chi connectivity index (χ0n) is 15.0. The molecule has 1 unspecified atom stereocenters. The van der Waals surface area contributed by atoms with Gasteiger partial charge in [0.25, 0.3) is 5.91 Å². The lowest BCUT2D eigenvalue weighted by Gasteiger charge is -2.14. The molecule has 0 radical (unpaired) electrons. The van der Waals surface area contributed by atoms with Crippen LogP contribution in [0.5, 0.6) is 0 Å². The summed E-state index contributed by atoms with van der Waals surface area (Å²) in [6.07, 6.45) is 1.82. The van der Waals surface area contributed by atoms with Gasteiger partial charge in [-0.2, -0.15) is 19.0 Å². The maximum Gasteiger partial charge on any atom is 0.271 e. The summed E-state index contributed by atoms with van der Waals surface area (Å²) in [5, 5.41) is 12.4. The van der Waals surface area contributed by atoms with Crippen LogP contribution in [0.3, 0.4) is 0 Å². The van der Waals surface area contributed by atoms with E-state index in [4.69, 9.17) is 0 Å². The lowest BCUT2D eigenvalue weighted by molar-refractivity contribution is 0.0935. The monoisotopic (exact) mass is 399 g/mol. The van der Waals surface area contributed by atoms with Gasteiger partial charge in [0.05, 0.1) is 11.7 Å². The van der Waals surface area contributed by atoms with Gasteiger partial charge in [-0.1, -0.05) is 30.3 Å². The van der Waals surface area contributed by atoms with Crippen LogP contribution in [-0.4, -0.2) is 15.9 Å². The van der Waals surface area contributed by atoms with Gasteiger partial charge in [-0.15, -0.1) is 11.3 Å². The predicted molar refractivity (Wildman–Crippen MR) is 101 cm³/mol. The van der Waals surface area contributed by atoms with E-state index in [1.807, 2.05) is 43.4 Å². The van der Waals surface area contributed by atoms with Crippen LogP contribution >= 0.6 is 11.3 Å². The third-order valence-corrected chi connectivity index (χ3v) is 4.90. The molecule has 0 fully saturated rings. The Hall–Kier alpha value is -3.38. The number of carbonyl (C=O) groups is 1. The van der Waals surface area contributed by atoms with E-state index >= 15 is 0 Å². The van der Waals surface area contributed by atoms with E-state index in [2.05, 4.69) is 15.3 Å². The molecule has 0 aliphatic carbocycles. The molecule has 6 nitrogen and oxygen atoms in total. The number of pyridine rings is 1. The Balaban J connectivity index is 1.85. The van der Waals surface area contributed by atoms with Crippen molar-refractivity contribution in [3.05, 3.63) is 70.5 Å². The van der Waals surface area contributed by atoms with Crippen molar-refractivity contribution in [1.82, 2.24) is 15.3 Å². The van der Waals surface area contributed by atoms with Gasteiger partial charge >= 0.3 is 0 Å². The van der Waals surface area contributed by atoms with E-state index in [0.717, 1.165) is 33.9 Å². The number of anilines is 2. The van der Waals surface area contributed by atoms with Gasteiger partial charge in [-0.3, -0.25) is 4.79 Å². The first-order valence-electron chi connectivity index (χ1n) is 8.25. The van der Waals surface area contributed by atoms with Crippen LogP contribution in [-0.2, 0) is 0 Å². The predicted octanol–water partition coefficient (Wildman–Crippen LogP) is 4.23. The molecule has 2 aromatic heterocycles. The summed E-state index contributed by atoms with van der Waals surface area (Å²) in [7, 11) is 0. The number of thiazole rings is 1. The van der Waals surface area contributed by atoms with Crippen molar-refractivity contribution in [2.45, 2.75) is 19.9 Å². The minimum atomic E-state index is -1.06. The fourth-order valence-corrected chi connectivity index (χ4v) is 3.45. The maximum atomic E-state index is 13.4. The number of amides is 1. The normalized spacial score (nSPS) is 11.5. The molecule has 142 valence electrons. The van der Waals surface area contributed by atoms with E-state index in [1.54, 1.807) is 6.92 Å². The Bertz CT molecular complexity index is 1030. The zero-order chi connectivity index (χ0) is 20.3. The van der Waals surface area contributed by atoms with Crippen LogP contribution in [0, 0.1) is 30.3 Å². The molecule has 0 bridgehead atoms. The molecular weight excluding hydrogens is 384 g/mol. The molecule has 1 atom stereocenters. The fraction of sp³-hybridized carbons (Fsp3) is 0.158. The average Bonchev–Trinajstić information content (AvgIpc) is 3.03. The van der Waals surface area contributed by atoms with Gasteiger partial charge in [0.2, 0.25) is 17.0 Å². The Kier molecular flexibility index (Phi) is 5.61. The van der Waals surface area contributed by atoms with Gasteiger partial charge < -0.3 is 5.32 Å². The second-order valence-corrected chi connectivity index (χ2v) is 7.09. The van der Waals surface area contributed by atoms with Gasteiger partial charge in [0, 0.05) is 17.0 Å². The Morgan fingerprint density at radius 2 is 1.86 bits per heavy atom. The number of carbonyl (C=O) groups excluding carboxylic acids is 1. The molecule has 1 N–H and O–H groups in total. The van der Waals surface area contributed by atoms with Crippen molar-refractivity contribution in [2.75, 3.05) is 4.90 Å². The molecule has 0 saturated carbocycles. The van der Waals surface area contributed by atoms with Crippen molar-refractivity contribution in [1.29, 1.82) is 5.26 Å². The number of nitrogens with zero attached hydrogens (tertiary/aromatic N) is 4. The standard InChI is InChI=1S/C19H15F2N5OS/c1-11(13-6-4-3-5-7-13)23-18(27)17-12(2)28-19(25-17)26(10-22)14-8-15(20)24-16(21)9-14/h3-9,11H,1-2H3,(H,23,27). The number of aromatic nitrogens is 2. The van der Waals surface area contributed by atoms with E-state index in [1.165, 1.54) is 0 Å². The highest BCUT2D eigenvalue weighted by Crippen LogP contribution is 2.31. The summed E-state index contributed by atoms with van der Waals surface area (Å²) < 4.78 is 26.8. The minimum absolute atomic E-state index is 0.0640. The van der Waals surface area contributed by atoms with Gasteiger partial charge in [-0.05, 0) is 19.4 Å². The van der Waals surface area contributed by atoms with Crippen LogP contribution in [0.2, 0.25) is 0 Å². The topological polar surface area (TPSA) is 81.9 Å². The highest BCUT2D eigenvalue weighted by atomic mass is 32.1. The molecule has 3 rings (SSSR count). The number of rotatable bonds is 5. The van der Waals surface area contributed by atoms with Crippen molar-refractivity contribution < 1.29 is 13.6 Å². The number of hydrogen-bond acceptors (Lipinski definition) is 6. The molecule has 9 heteroatoms. The van der Waals surface area contributed by atoms with E-state index in [0.29, 0.717) is 4.88 Å². The van der Waals surface area contributed by atoms with Crippen LogP contribution in [0.4, 0.5) is 19.6 Å². The summed E-state index contributed by atoms with van der Waals surface area (Å²) in [5.41, 5.74) is 1.02. The van der Waals surface area contributed by atoms with Crippen LogP contribution in [0.1, 0.15) is 33.9 Å². The van der Waals surface area contributed by atoms with Crippen LogP contribution < -0.4 is 10.2 Å². The van der Waals surface area contributed by atoms with E-state index in [-0.39, 0.29) is 22.6 Å². The highest BCUT2D eigenvalue weighted by molar-refractivity contribution is 7.16. The maximum absolute atomic E-state index is 13.4. The minimum Gasteiger partial charge on any atom is -0.344 e. The number of aryl methyl sites for hydroxylation is 1. The second-order valence-electron chi connectivity index (χ2n) is 5.91. The molecule has 28 heavy (non-hydrogen) atoms. The molecule has 1 amide bonds. The van der Waals surface area contributed by atoms with Crippen molar-refractivity contribution >= 4 is 28.1 Å². The lowest BCUT2D eigenvalue weighted by atomic mass is 10.1. The highest BCUT2D eigenvalue weighted by Gasteiger charge is 2.22. The summed E-state index contributed by atoms with van der Waals surface area (Å²) in [5.74, 6) is -2.52. The molecule has 0 spiro atoms. The molecule has 2 heterocycles. The SMILES string of the molecule is Cc1sc(N(C#N)c2cc(F)nc(F)c2)nc1C(=O)NC(C)c1ccccc1. The average molecular weight is 399 g/mol. The van der Waals surface area contributed by atoms with Gasteiger partial charge in [0.1, 0.15) is 5.69 Å². The first kappa shape index (κ1) is 19.4. The first-order chi connectivity index (χ1) is 13.4. The second kappa shape index (κ2) is 8.10. The fourth-order valence-electron chi connectivity index (χ4n) is 2.57. The third-order valence-electron chi connectivity index (χ3n) is 3.94. The van der Waals surface area contributed by atoms with Crippen LogP contribution in [0.15, 0.2) is 42.5 Å². The number of hydrogen-bond donors (Lipinski definition) is 1. The summed E-state index contributed by atoms with van der Waals surface area (Å²) in [4.78, 5) is 21.4. The molecule has 0 aliphatic rings. The Morgan fingerprint density at radius 1 is 1.21 bits per heavy atom. The molecule has 0 aliphatic heterocycles. The first-order valence-corrected chi connectivity index (χ1v) is 9.07. The lowest BCUT2D eigenvalue weighted by Crippen LogP contribution is -2.27. The third kappa shape index (κ3) is 4.13. The van der Waals surface area contributed by atoms with E-state index < -0.39 is 17.8 Å². The molecule has 0 saturated heterocycles. The van der Waals surface area contributed by atoms with Gasteiger partial charge in [-0.25, -0.2) is 9.88 Å². The number of benzene rings is 1. The van der Waals surface area contributed by atoms with Crippen molar-refractivity contribution in [3.63, 3.8) is 0 Å². The Morgan fingerprint density at radius 3 is 2.46 bits per heavy atom. The molecule has 1 aromatic carbocycles. The quantitative estimate of drug-likeness (QED) is 0.394. The smallest absolute Gasteiger partial charge is 0.271 e. The van der Waals surface area contributed by atoms with Crippen LogP contribution in [0.25, 0.3) is 0 Å². The van der Waals surface area contributed by atoms with Crippen molar-refractivity contribution in [2.24, 2.45) is 0 Å². The summed E-state index contributed by atoms with van der Waals surface area (Å²) in [6.45, 7) is 3.53. The Labute approximate surface area is 164 Å². The zero-order valence-corrected chi connectivity index (χ0v) is 15.8.